The summed E-state index contributed by atoms with van der Waals surface area (Å²) in [5.41, 5.74) is 0.599. The Hall–Kier alpha value is -1.69. The largest absolute Gasteiger partial charge is 0.428 e. The van der Waals surface area contributed by atoms with Crippen molar-refractivity contribution < 1.29 is 17.2 Å². The van der Waals surface area contributed by atoms with E-state index in [0.717, 1.165) is 12.8 Å². The van der Waals surface area contributed by atoms with Crippen LogP contribution >= 0.6 is 0 Å². The molecule has 1 aliphatic carbocycles. The van der Waals surface area contributed by atoms with Crippen LogP contribution in [0.3, 0.4) is 0 Å². The molecule has 1 saturated carbocycles. The third-order valence-electron chi connectivity index (χ3n) is 3.03. The molecule has 0 spiro atoms. The third kappa shape index (κ3) is 2.68. The Morgan fingerprint density at radius 2 is 1.95 bits per heavy atom. The molecule has 6 heteroatoms. The summed E-state index contributed by atoms with van der Waals surface area (Å²) in [5, 5.41) is -0.251. The summed E-state index contributed by atoms with van der Waals surface area (Å²) >= 11 is 0. The number of hydrogen-bond donors (Lipinski definition) is 0. The number of sulfone groups is 1. The molecule has 0 saturated heterocycles. The highest BCUT2D eigenvalue weighted by Gasteiger charge is 2.32. The Labute approximate surface area is 110 Å². The van der Waals surface area contributed by atoms with Crippen molar-refractivity contribution in [3.05, 3.63) is 36.3 Å². The first-order chi connectivity index (χ1) is 9.04. The van der Waals surface area contributed by atoms with Crippen LogP contribution in [0.5, 0.6) is 0 Å². The van der Waals surface area contributed by atoms with E-state index >= 15 is 0 Å². The van der Waals surface area contributed by atoms with Crippen LogP contribution in [0.25, 0.3) is 11.3 Å². The third-order valence-corrected chi connectivity index (χ3v) is 4.66. The molecule has 0 amide bonds. The number of benzene rings is 1. The minimum atomic E-state index is -3.44. The predicted molar refractivity (Wildman–Crippen MR) is 66.7 cm³/mol. The molecular formula is C13H12FNO3S. The van der Waals surface area contributed by atoms with Crippen molar-refractivity contribution >= 4 is 9.84 Å². The van der Waals surface area contributed by atoms with Crippen molar-refractivity contribution in [3.63, 3.8) is 0 Å². The van der Waals surface area contributed by atoms with Crippen molar-refractivity contribution in [2.45, 2.75) is 18.1 Å². The smallest absolute Gasteiger partial charge is 0.315 e. The maximum Gasteiger partial charge on any atom is 0.315 e. The molecule has 0 unspecified atom stereocenters. The fraction of sp³-hybridized carbons (Fsp3) is 0.308. The molecule has 1 aromatic heterocycles. The molecule has 1 fully saturated rings. The summed E-state index contributed by atoms with van der Waals surface area (Å²) in [6.07, 6.45) is 3.25. The molecule has 0 aliphatic heterocycles. The van der Waals surface area contributed by atoms with E-state index in [9.17, 15) is 12.8 Å². The molecule has 2 aromatic rings. The van der Waals surface area contributed by atoms with E-state index in [1.54, 1.807) is 0 Å². The van der Waals surface area contributed by atoms with Crippen molar-refractivity contribution in [2.75, 3.05) is 5.75 Å². The minimum absolute atomic E-state index is 0.0936. The molecule has 1 heterocycles. The number of aromatic nitrogens is 1. The van der Waals surface area contributed by atoms with Gasteiger partial charge in [0.15, 0.2) is 5.76 Å². The van der Waals surface area contributed by atoms with Crippen LogP contribution < -0.4 is 0 Å². The van der Waals surface area contributed by atoms with Crippen molar-refractivity contribution in [1.29, 1.82) is 0 Å². The first kappa shape index (κ1) is 12.3. The second-order valence-corrected chi connectivity index (χ2v) is 6.63. The molecular weight excluding hydrogens is 269 g/mol. The SMILES string of the molecule is O=S(=O)(CC1CC1)c1ncc(-c2ccc(F)cc2)o1. The number of oxazole rings is 1. The van der Waals surface area contributed by atoms with Crippen LogP contribution in [0.15, 0.2) is 40.1 Å². The van der Waals surface area contributed by atoms with Crippen molar-refractivity contribution in [1.82, 2.24) is 4.98 Å². The lowest BCUT2D eigenvalue weighted by atomic mass is 10.2. The highest BCUT2D eigenvalue weighted by atomic mass is 32.2. The van der Waals surface area contributed by atoms with Crippen LogP contribution in [0, 0.1) is 11.7 Å². The van der Waals surface area contributed by atoms with Crippen LogP contribution in [-0.4, -0.2) is 19.2 Å². The van der Waals surface area contributed by atoms with Crippen LogP contribution in [-0.2, 0) is 9.84 Å². The highest BCUT2D eigenvalue weighted by Crippen LogP contribution is 2.32. The first-order valence-electron chi connectivity index (χ1n) is 5.99. The molecule has 3 rings (SSSR count). The van der Waals surface area contributed by atoms with Gasteiger partial charge in [-0.3, -0.25) is 0 Å². The van der Waals surface area contributed by atoms with E-state index < -0.39 is 9.84 Å². The van der Waals surface area contributed by atoms with Gasteiger partial charge in [0, 0.05) is 5.56 Å². The monoisotopic (exact) mass is 281 g/mol. The molecule has 1 aliphatic rings. The summed E-state index contributed by atoms with van der Waals surface area (Å²) in [6, 6.07) is 5.62. The number of nitrogens with zero attached hydrogens (tertiary/aromatic N) is 1. The van der Waals surface area contributed by atoms with Gasteiger partial charge in [-0.15, -0.1) is 0 Å². The van der Waals surface area contributed by atoms with Gasteiger partial charge in [0.05, 0.1) is 11.9 Å². The topological polar surface area (TPSA) is 60.2 Å². The van der Waals surface area contributed by atoms with Gasteiger partial charge >= 0.3 is 5.22 Å². The Kier molecular flexibility index (Phi) is 2.89. The second kappa shape index (κ2) is 4.45. The van der Waals surface area contributed by atoms with E-state index in [2.05, 4.69) is 4.98 Å². The van der Waals surface area contributed by atoms with E-state index in [1.807, 2.05) is 0 Å². The van der Waals surface area contributed by atoms with Gasteiger partial charge < -0.3 is 4.42 Å². The van der Waals surface area contributed by atoms with Gasteiger partial charge in [0.1, 0.15) is 5.82 Å². The molecule has 0 bridgehead atoms. The summed E-state index contributed by atoms with van der Waals surface area (Å²) in [7, 11) is -3.44. The zero-order chi connectivity index (χ0) is 13.5. The average molecular weight is 281 g/mol. The van der Waals surface area contributed by atoms with Gasteiger partial charge in [-0.05, 0) is 43.0 Å². The second-order valence-electron chi connectivity index (χ2n) is 4.72. The maximum absolute atomic E-state index is 12.8. The Bertz CT molecular complexity index is 687. The lowest BCUT2D eigenvalue weighted by Gasteiger charge is -1.98. The van der Waals surface area contributed by atoms with Gasteiger partial charge in [-0.25, -0.2) is 17.8 Å². The zero-order valence-corrected chi connectivity index (χ0v) is 10.9. The molecule has 0 N–H and O–H groups in total. The van der Waals surface area contributed by atoms with Gasteiger partial charge in [0.2, 0.25) is 9.84 Å². The number of hydrogen-bond acceptors (Lipinski definition) is 4. The van der Waals surface area contributed by atoms with E-state index in [1.165, 1.54) is 30.5 Å². The van der Waals surface area contributed by atoms with Crippen LogP contribution in [0.1, 0.15) is 12.8 Å². The van der Waals surface area contributed by atoms with Crippen molar-refractivity contribution in [2.24, 2.45) is 5.92 Å². The summed E-state index contributed by atoms with van der Waals surface area (Å²) in [4.78, 5) is 3.82. The fourth-order valence-corrected chi connectivity index (χ4v) is 3.34. The lowest BCUT2D eigenvalue weighted by Crippen LogP contribution is -2.08. The normalized spacial score (nSPS) is 15.6. The quantitative estimate of drug-likeness (QED) is 0.864. The molecule has 19 heavy (non-hydrogen) atoms. The predicted octanol–water partition coefficient (Wildman–Crippen LogP) is 2.66. The summed E-state index contributed by atoms with van der Waals surface area (Å²) in [5.74, 6) is 0.307. The van der Waals surface area contributed by atoms with E-state index in [4.69, 9.17) is 4.42 Å². The Morgan fingerprint density at radius 3 is 2.58 bits per heavy atom. The highest BCUT2D eigenvalue weighted by molar-refractivity contribution is 7.91. The molecule has 4 nitrogen and oxygen atoms in total. The fourth-order valence-electron chi connectivity index (χ4n) is 1.82. The minimum Gasteiger partial charge on any atom is -0.428 e. The Morgan fingerprint density at radius 1 is 1.26 bits per heavy atom. The van der Waals surface area contributed by atoms with Crippen LogP contribution in [0.2, 0.25) is 0 Å². The van der Waals surface area contributed by atoms with E-state index in [-0.39, 0.29) is 22.7 Å². The first-order valence-corrected chi connectivity index (χ1v) is 7.64. The standard InChI is InChI=1S/C13H12FNO3S/c14-11-5-3-10(4-6-11)12-7-15-13(18-12)19(16,17)8-9-1-2-9/h3-7,9H,1-2,8H2. The summed E-state index contributed by atoms with van der Waals surface area (Å²) in [6.45, 7) is 0. The van der Waals surface area contributed by atoms with Crippen LogP contribution in [0.4, 0.5) is 4.39 Å². The maximum atomic E-state index is 12.8. The van der Waals surface area contributed by atoms with Gasteiger partial charge in [-0.2, -0.15) is 0 Å². The van der Waals surface area contributed by atoms with E-state index in [0.29, 0.717) is 11.3 Å². The van der Waals surface area contributed by atoms with Gasteiger partial charge in [-0.1, -0.05) is 0 Å². The summed E-state index contributed by atoms with van der Waals surface area (Å²) < 4.78 is 42.0. The molecule has 0 atom stereocenters. The molecule has 0 radical (unpaired) electrons. The zero-order valence-electron chi connectivity index (χ0n) is 10.0. The molecule has 100 valence electrons. The van der Waals surface area contributed by atoms with Gasteiger partial charge in [0.25, 0.3) is 0 Å². The lowest BCUT2D eigenvalue weighted by molar-refractivity contribution is 0.439. The van der Waals surface area contributed by atoms with Crippen molar-refractivity contribution in [3.8, 4) is 11.3 Å². The number of rotatable bonds is 4. The average Bonchev–Trinajstić information content (AvgIpc) is 3.02. The number of halogens is 1. The molecule has 1 aromatic carbocycles. The Balaban J connectivity index is 1.88.